The van der Waals surface area contributed by atoms with E-state index in [-0.39, 0.29) is 11.6 Å². The Bertz CT molecular complexity index is 1260. The molecule has 0 aliphatic carbocycles. The Hall–Kier alpha value is -2.97. The van der Waals surface area contributed by atoms with Gasteiger partial charge in [-0.1, -0.05) is 53.4 Å². The van der Waals surface area contributed by atoms with E-state index in [0.29, 0.717) is 10.9 Å². The molecule has 170 valence electrons. The number of aromatic nitrogens is 3. The molecule has 33 heavy (non-hydrogen) atoms. The fourth-order valence-corrected chi connectivity index (χ4v) is 5.32. The lowest BCUT2D eigenvalue weighted by atomic mass is 10.1. The van der Waals surface area contributed by atoms with Gasteiger partial charge in [0.05, 0.1) is 5.75 Å². The monoisotopic (exact) mass is 480 g/mol. The number of thioether (sulfide) groups is 1. The van der Waals surface area contributed by atoms with Gasteiger partial charge in [-0.05, 0) is 62.6 Å². The van der Waals surface area contributed by atoms with Crippen LogP contribution in [0.4, 0.5) is 15.2 Å². The van der Waals surface area contributed by atoms with Crippen molar-refractivity contribution in [2.75, 3.05) is 11.1 Å². The maximum atomic E-state index is 13.1. The third-order valence-electron chi connectivity index (χ3n) is 5.53. The number of halogens is 1. The van der Waals surface area contributed by atoms with Gasteiger partial charge in [0, 0.05) is 29.2 Å². The highest BCUT2D eigenvalue weighted by atomic mass is 32.2. The van der Waals surface area contributed by atoms with E-state index in [9.17, 15) is 9.18 Å². The van der Waals surface area contributed by atoms with Gasteiger partial charge in [-0.25, -0.2) is 4.39 Å². The van der Waals surface area contributed by atoms with Crippen molar-refractivity contribution < 1.29 is 9.18 Å². The van der Waals surface area contributed by atoms with Crippen LogP contribution in [-0.2, 0) is 13.0 Å². The maximum absolute atomic E-state index is 13.1. The van der Waals surface area contributed by atoms with E-state index >= 15 is 0 Å². The highest BCUT2D eigenvalue weighted by Gasteiger charge is 2.17. The maximum Gasteiger partial charge on any atom is 0.210 e. The summed E-state index contributed by atoms with van der Waals surface area (Å²) in [4.78, 5) is 12.9. The van der Waals surface area contributed by atoms with Gasteiger partial charge in [0.2, 0.25) is 5.13 Å². The van der Waals surface area contributed by atoms with Gasteiger partial charge in [-0.15, -0.1) is 10.2 Å². The molecule has 0 saturated carbocycles. The summed E-state index contributed by atoms with van der Waals surface area (Å²) in [7, 11) is 0. The van der Waals surface area contributed by atoms with E-state index in [0.717, 1.165) is 51.1 Å². The number of ketones is 1. The summed E-state index contributed by atoms with van der Waals surface area (Å²) >= 11 is 2.84. The summed E-state index contributed by atoms with van der Waals surface area (Å²) in [5, 5.41) is 12.4. The number of Topliss-reactive ketones (excluding diaryl/α,β-unsaturated/α-hetero) is 1. The Morgan fingerprint density at radius 1 is 1.09 bits per heavy atom. The molecule has 4 rings (SSSR count). The van der Waals surface area contributed by atoms with E-state index < -0.39 is 0 Å². The van der Waals surface area contributed by atoms with Crippen molar-refractivity contribution in [1.82, 2.24) is 14.8 Å². The largest absolute Gasteiger partial charge is 0.348 e. The first-order valence-corrected chi connectivity index (χ1v) is 12.4. The van der Waals surface area contributed by atoms with Gasteiger partial charge in [0.15, 0.2) is 10.1 Å². The molecule has 2 aromatic heterocycles. The molecule has 4 aromatic rings. The number of aryl methyl sites for hydroxylation is 3. The molecular weight excluding hydrogens is 455 g/mol. The van der Waals surface area contributed by atoms with Gasteiger partial charge in [-0.2, -0.15) is 0 Å². The van der Waals surface area contributed by atoms with E-state index in [4.69, 9.17) is 0 Å². The standard InChI is InChI=1S/C25H25FN4OS2/c1-16-6-4-5-7-22(16)27-24-28-29-25(33-24)32-15-23(31)21-14-17(2)30(18(21)3)13-12-19-8-10-20(26)11-9-19/h4-11,14H,12-13,15H2,1-3H3,(H,27,28). The quantitative estimate of drug-likeness (QED) is 0.223. The number of hydrogen-bond donors (Lipinski definition) is 1. The second kappa shape index (κ2) is 10.3. The van der Waals surface area contributed by atoms with Crippen LogP contribution in [0.1, 0.15) is 32.9 Å². The molecule has 8 heteroatoms. The molecule has 2 aromatic carbocycles. The van der Waals surface area contributed by atoms with Gasteiger partial charge >= 0.3 is 0 Å². The van der Waals surface area contributed by atoms with E-state index in [1.54, 1.807) is 12.1 Å². The van der Waals surface area contributed by atoms with E-state index in [1.807, 2.05) is 51.1 Å². The SMILES string of the molecule is Cc1ccccc1Nc1nnc(SCC(=O)c2cc(C)n(CCc3ccc(F)cc3)c2C)s1. The van der Waals surface area contributed by atoms with Crippen molar-refractivity contribution in [3.63, 3.8) is 0 Å². The molecule has 5 nitrogen and oxygen atoms in total. The van der Waals surface area contributed by atoms with Crippen LogP contribution in [-0.4, -0.2) is 26.3 Å². The van der Waals surface area contributed by atoms with Crippen LogP contribution in [0.25, 0.3) is 0 Å². The van der Waals surface area contributed by atoms with Crippen LogP contribution < -0.4 is 5.32 Å². The predicted octanol–water partition coefficient (Wildman–Crippen LogP) is 6.37. The number of carbonyl (C=O) groups excluding carboxylic acids is 1. The molecule has 0 radical (unpaired) electrons. The minimum absolute atomic E-state index is 0.0738. The second-order valence-corrected chi connectivity index (χ2v) is 10.0. The molecule has 0 fully saturated rings. The summed E-state index contributed by atoms with van der Waals surface area (Å²) in [6.45, 7) is 6.77. The number of rotatable bonds is 9. The van der Waals surface area contributed by atoms with Gasteiger partial charge in [0.25, 0.3) is 0 Å². The fraction of sp³-hybridized carbons (Fsp3) is 0.240. The smallest absolute Gasteiger partial charge is 0.210 e. The topological polar surface area (TPSA) is 59.8 Å². The minimum atomic E-state index is -0.231. The van der Waals surface area contributed by atoms with Crippen molar-refractivity contribution in [2.45, 2.75) is 38.1 Å². The Labute approximate surface area is 201 Å². The molecule has 0 atom stereocenters. The van der Waals surface area contributed by atoms with Crippen LogP contribution >= 0.6 is 23.1 Å². The number of benzene rings is 2. The summed E-state index contributed by atoms with van der Waals surface area (Å²) in [5.74, 6) is 0.150. The highest BCUT2D eigenvalue weighted by molar-refractivity contribution is 8.01. The summed E-state index contributed by atoms with van der Waals surface area (Å²) in [6.07, 6.45) is 0.778. The van der Waals surface area contributed by atoms with Gasteiger partial charge in [-0.3, -0.25) is 4.79 Å². The van der Waals surface area contributed by atoms with E-state index in [1.165, 1.54) is 35.2 Å². The number of nitrogens with zero attached hydrogens (tertiary/aromatic N) is 3. The summed E-state index contributed by atoms with van der Waals surface area (Å²) < 4.78 is 16.0. The Morgan fingerprint density at radius 2 is 1.85 bits per heavy atom. The number of hydrogen-bond acceptors (Lipinski definition) is 6. The third-order valence-corrected chi connectivity index (χ3v) is 7.50. The van der Waals surface area contributed by atoms with Crippen LogP contribution in [0.3, 0.4) is 0 Å². The summed E-state index contributed by atoms with van der Waals surface area (Å²) in [5.41, 5.74) is 5.93. The first-order valence-electron chi connectivity index (χ1n) is 10.6. The van der Waals surface area contributed by atoms with Gasteiger partial charge < -0.3 is 9.88 Å². The number of anilines is 2. The molecule has 0 saturated heterocycles. The minimum Gasteiger partial charge on any atom is -0.348 e. The Morgan fingerprint density at radius 3 is 2.61 bits per heavy atom. The van der Waals surface area contributed by atoms with Crippen LogP contribution in [0.2, 0.25) is 0 Å². The van der Waals surface area contributed by atoms with Crippen molar-refractivity contribution >= 4 is 39.7 Å². The predicted molar refractivity (Wildman–Crippen MR) is 133 cm³/mol. The molecular formula is C25H25FN4OS2. The Kier molecular flexibility index (Phi) is 7.25. The zero-order valence-corrected chi connectivity index (χ0v) is 20.4. The molecule has 0 bridgehead atoms. The zero-order chi connectivity index (χ0) is 23.4. The lowest BCUT2D eigenvalue weighted by molar-refractivity contribution is 0.102. The second-order valence-electron chi connectivity index (χ2n) is 7.84. The fourth-order valence-electron chi connectivity index (χ4n) is 3.67. The molecule has 0 aliphatic rings. The van der Waals surface area contributed by atoms with Crippen molar-refractivity contribution in [3.8, 4) is 0 Å². The lowest BCUT2D eigenvalue weighted by Crippen LogP contribution is -2.08. The molecule has 0 amide bonds. The first-order chi connectivity index (χ1) is 15.9. The zero-order valence-electron chi connectivity index (χ0n) is 18.8. The Balaban J connectivity index is 1.36. The van der Waals surface area contributed by atoms with Crippen molar-refractivity contribution in [1.29, 1.82) is 0 Å². The van der Waals surface area contributed by atoms with Crippen LogP contribution in [0.15, 0.2) is 58.9 Å². The van der Waals surface area contributed by atoms with Crippen LogP contribution in [0, 0.1) is 26.6 Å². The number of para-hydroxylation sites is 1. The third kappa shape index (κ3) is 5.69. The van der Waals surface area contributed by atoms with Crippen molar-refractivity contribution in [3.05, 3.63) is 88.5 Å². The average Bonchev–Trinajstić information content (AvgIpc) is 3.37. The summed E-state index contributed by atoms with van der Waals surface area (Å²) in [6, 6.07) is 16.5. The van der Waals surface area contributed by atoms with Crippen LogP contribution in [0.5, 0.6) is 0 Å². The number of nitrogens with one attached hydrogen (secondary N) is 1. The average molecular weight is 481 g/mol. The number of carbonyl (C=O) groups is 1. The first kappa shape index (κ1) is 23.2. The van der Waals surface area contributed by atoms with Crippen molar-refractivity contribution in [2.24, 2.45) is 0 Å². The lowest BCUT2D eigenvalue weighted by Gasteiger charge is -2.10. The van der Waals surface area contributed by atoms with Gasteiger partial charge in [0.1, 0.15) is 5.82 Å². The molecule has 0 aliphatic heterocycles. The molecule has 1 N–H and O–H groups in total. The molecule has 0 unspecified atom stereocenters. The molecule has 0 spiro atoms. The highest BCUT2D eigenvalue weighted by Crippen LogP contribution is 2.29. The normalized spacial score (nSPS) is 11.0. The molecule has 2 heterocycles. The van der Waals surface area contributed by atoms with E-state index in [2.05, 4.69) is 20.1 Å².